The molecule has 1 aliphatic heterocycles. The van der Waals surface area contributed by atoms with E-state index in [2.05, 4.69) is 29.1 Å². The van der Waals surface area contributed by atoms with Crippen LogP contribution in [0.3, 0.4) is 0 Å². The van der Waals surface area contributed by atoms with Crippen LogP contribution in [0.15, 0.2) is 23.2 Å². The molecule has 2 N–H and O–H groups in total. The monoisotopic (exact) mass is 477 g/mol. The molecule has 0 bridgehead atoms. The zero-order valence-electron chi connectivity index (χ0n) is 16.2. The van der Waals surface area contributed by atoms with Crippen molar-refractivity contribution in [2.75, 3.05) is 40.4 Å². The van der Waals surface area contributed by atoms with Crippen LogP contribution in [0, 0.1) is 5.92 Å². The summed E-state index contributed by atoms with van der Waals surface area (Å²) in [6, 6.07) is 5.43. The summed E-state index contributed by atoms with van der Waals surface area (Å²) < 4.78 is 10.5. The van der Waals surface area contributed by atoms with Crippen LogP contribution in [0.5, 0.6) is 11.5 Å². The normalized spacial score (nSPS) is 18.7. The average molecular weight is 477 g/mol. The first-order valence-electron chi connectivity index (χ1n) is 9.01. The van der Waals surface area contributed by atoms with Crippen molar-refractivity contribution in [2.24, 2.45) is 10.9 Å². The Labute approximate surface area is 174 Å². The minimum atomic E-state index is -0.708. The predicted molar refractivity (Wildman–Crippen MR) is 116 cm³/mol. The second-order valence-electron chi connectivity index (χ2n) is 6.55. The van der Waals surface area contributed by atoms with E-state index in [1.165, 1.54) is 12.8 Å². The van der Waals surface area contributed by atoms with Gasteiger partial charge in [-0.25, -0.2) is 0 Å². The minimum absolute atomic E-state index is 0. The number of nitrogens with one attached hydrogen (secondary N) is 1. The van der Waals surface area contributed by atoms with E-state index in [9.17, 15) is 5.11 Å². The third-order valence-electron chi connectivity index (χ3n) is 4.46. The Morgan fingerprint density at radius 3 is 2.50 bits per heavy atom. The maximum absolute atomic E-state index is 10.6. The lowest BCUT2D eigenvalue weighted by atomic mass is 10.0. The molecule has 2 rings (SSSR count). The molecule has 0 amide bonds. The highest BCUT2D eigenvalue weighted by Crippen LogP contribution is 2.26. The summed E-state index contributed by atoms with van der Waals surface area (Å²) in [6.45, 7) is 7.46. The van der Waals surface area contributed by atoms with Crippen molar-refractivity contribution >= 4 is 29.9 Å². The van der Waals surface area contributed by atoms with Gasteiger partial charge in [0.15, 0.2) is 5.96 Å². The minimum Gasteiger partial charge on any atom is -0.497 e. The van der Waals surface area contributed by atoms with Gasteiger partial charge >= 0.3 is 0 Å². The first-order valence-corrected chi connectivity index (χ1v) is 9.01. The molecule has 26 heavy (non-hydrogen) atoms. The molecule has 2 unspecified atom stereocenters. The summed E-state index contributed by atoms with van der Waals surface area (Å²) in [5.41, 5.74) is 0.739. The molecule has 0 saturated carbocycles. The van der Waals surface area contributed by atoms with Gasteiger partial charge in [0, 0.05) is 25.7 Å². The first-order chi connectivity index (χ1) is 12.1. The molecule has 1 aromatic rings. The Morgan fingerprint density at radius 2 is 1.96 bits per heavy atom. The zero-order valence-corrected chi connectivity index (χ0v) is 18.5. The smallest absolute Gasteiger partial charge is 0.194 e. The number of hydrogen-bond donors (Lipinski definition) is 2. The van der Waals surface area contributed by atoms with E-state index in [4.69, 9.17) is 9.47 Å². The summed E-state index contributed by atoms with van der Waals surface area (Å²) in [5, 5.41) is 13.9. The fourth-order valence-corrected chi connectivity index (χ4v) is 3.11. The van der Waals surface area contributed by atoms with Gasteiger partial charge in [-0.2, -0.15) is 0 Å². The van der Waals surface area contributed by atoms with Crippen LogP contribution in [-0.4, -0.2) is 56.4 Å². The van der Waals surface area contributed by atoms with Gasteiger partial charge < -0.3 is 24.8 Å². The number of halogens is 1. The number of ether oxygens (including phenoxy) is 2. The van der Waals surface area contributed by atoms with Crippen LogP contribution in [0.2, 0.25) is 0 Å². The summed E-state index contributed by atoms with van der Waals surface area (Å²) in [5.74, 6) is 2.87. The fraction of sp³-hybridized carbons (Fsp3) is 0.632. The number of hydrogen-bond acceptors (Lipinski definition) is 4. The number of aliphatic hydroxyl groups excluding tert-OH is 1. The number of benzene rings is 1. The van der Waals surface area contributed by atoms with Crippen molar-refractivity contribution in [3.8, 4) is 11.5 Å². The summed E-state index contributed by atoms with van der Waals surface area (Å²) in [6.07, 6.45) is 1.74. The Hall–Kier alpha value is -1.22. The standard InChI is InChI=1S/C19H31N3O3.HI/c1-5-20-19(22-8-6-7-14(2)13-22)21-12-18(23)15-9-16(24-3)11-17(10-15)25-4;/h9-11,14,18,23H,5-8,12-13H2,1-4H3,(H,20,21);1H. The molecule has 1 aromatic carbocycles. The molecule has 0 aromatic heterocycles. The van der Waals surface area contributed by atoms with Gasteiger partial charge in [-0.15, -0.1) is 24.0 Å². The fourth-order valence-electron chi connectivity index (χ4n) is 3.11. The highest BCUT2D eigenvalue weighted by Gasteiger charge is 2.19. The molecule has 7 heteroatoms. The number of rotatable bonds is 6. The van der Waals surface area contributed by atoms with E-state index < -0.39 is 6.10 Å². The van der Waals surface area contributed by atoms with Crippen molar-refractivity contribution in [1.29, 1.82) is 0 Å². The van der Waals surface area contributed by atoms with Crippen LogP contribution >= 0.6 is 24.0 Å². The molecule has 1 heterocycles. The van der Waals surface area contributed by atoms with Crippen LogP contribution in [0.1, 0.15) is 38.4 Å². The maximum atomic E-state index is 10.6. The zero-order chi connectivity index (χ0) is 18.2. The van der Waals surface area contributed by atoms with Gasteiger partial charge in [-0.05, 0) is 43.4 Å². The van der Waals surface area contributed by atoms with Gasteiger partial charge in [0.25, 0.3) is 0 Å². The van der Waals surface area contributed by atoms with Crippen molar-refractivity contribution < 1.29 is 14.6 Å². The largest absolute Gasteiger partial charge is 0.497 e. The SMILES string of the molecule is CCNC(=NCC(O)c1cc(OC)cc(OC)c1)N1CCCC(C)C1.I. The average Bonchev–Trinajstić information content (AvgIpc) is 2.64. The van der Waals surface area contributed by atoms with E-state index in [1.807, 2.05) is 12.1 Å². The van der Waals surface area contributed by atoms with Crippen molar-refractivity contribution in [1.82, 2.24) is 10.2 Å². The number of likely N-dealkylation sites (tertiary alicyclic amines) is 1. The lowest BCUT2D eigenvalue weighted by Crippen LogP contribution is -2.46. The van der Waals surface area contributed by atoms with Crippen molar-refractivity contribution in [3.05, 3.63) is 23.8 Å². The molecular weight excluding hydrogens is 445 g/mol. The molecule has 0 radical (unpaired) electrons. The van der Waals surface area contributed by atoms with E-state index in [0.29, 0.717) is 24.0 Å². The molecule has 0 aliphatic carbocycles. The molecule has 1 saturated heterocycles. The predicted octanol–water partition coefficient (Wildman–Crippen LogP) is 3.05. The summed E-state index contributed by atoms with van der Waals surface area (Å²) >= 11 is 0. The summed E-state index contributed by atoms with van der Waals surface area (Å²) in [7, 11) is 3.20. The summed E-state index contributed by atoms with van der Waals surface area (Å²) in [4.78, 5) is 6.95. The first kappa shape index (κ1) is 22.8. The second-order valence-corrected chi connectivity index (χ2v) is 6.55. The quantitative estimate of drug-likeness (QED) is 0.375. The number of aliphatic hydroxyl groups is 1. The highest BCUT2D eigenvalue weighted by atomic mass is 127. The Morgan fingerprint density at radius 1 is 1.31 bits per heavy atom. The Bertz CT molecular complexity index is 561. The number of nitrogens with zero attached hydrogens (tertiary/aromatic N) is 2. The van der Waals surface area contributed by atoms with Gasteiger partial charge in [0.05, 0.1) is 26.9 Å². The Balaban J connectivity index is 0.00000338. The molecule has 0 spiro atoms. The molecular formula is C19H32IN3O3. The number of piperidine rings is 1. The van der Waals surface area contributed by atoms with Crippen LogP contribution in [0.25, 0.3) is 0 Å². The van der Waals surface area contributed by atoms with Gasteiger partial charge in [-0.1, -0.05) is 6.92 Å². The second kappa shape index (κ2) is 11.5. The lowest BCUT2D eigenvalue weighted by molar-refractivity contribution is 0.185. The van der Waals surface area contributed by atoms with Crippen LogP contribution in [-0.2, 0) is 0 Å². The van der Waals surface area contributed by atoms with E-state index in [1.54, 1.807) is 20.3 Å². The number of guanidine groups is 1. The molecule has 1 fully saturated rings. The highest BCUT2D eigenvalue weighted by molar-refractivity contribution is 14.0. The van der Waals surface area contributed by atoms with Gasteiger partial charge in [0.1, 0.15) is 11.5 Å². The van der Waals surface area contributed by atoms with E-state index in [0.717, 1.165) is 31.2 Å². The molecule has 2 atom stereocenters. The van der Waals surface area contributed by atoms with Gasteiger partial charge in [-0.3, -0.25) is 4.99 Å². The third kappa shape index (κ3) is 6.50. The topological polar surface area (TPSA) is 66.3 Å². The molecule has 1 aliphatic rings. The Kier molecular flexibility index (Phi) is 10.1. The van der Waals surface area contributed by atoms with Crippen LogP contribution < -0.4 is 14.8 Å². The maximum Gasteiger partial charge on any atom is 0.194 e. The van der Waals surface area contributed by atoms with Crippen molar-refractivity contribution in [3.63, 3.8) is 0 Å². The molecule has 148 valence electrons. The lowest BCUT2D eigenvalue weighted by Gasteiger charge is -2.33. The van der Waals surface area contributed by atoms with Crippen LogP contribution in [0.4, 0.5) is 0 Å². The van der Waals surface area contributed by atoms with E-state index >= 15 is 0 Å². The molecule has 6 nitrogen and oxygen atoms in total. The third-order valence-corrected chi connectivity index (χ3v) is 4.46. The van der Waals surface area contributed by atoms with Crippen molar-refractivity contribution in [2.45, 2.75) is 32.8 Å². The number of methoxy groups -OCH3 is 2. The number of aliphatic imine (C=N–C) groups is 1. The van der Waals surface area contributed by atoms with E-state index in [-0.39, 0.29) is 24.0 Å². The van der Waals surface area contributed by atoms with Gasteiger partial charge in [0.2, 0.25) is 0 Å².